The van der Waals surface area contributed by atoms with E-state index in [0.717, 1.165) is 25.1 Å². The van der Waals surface area contributed by atoms with Crippen molar-refractivity contribution in [3.63, 3.8) is 0 Å². The lowest BCUT2D eigenvalue weighted by Crippen LogP contribution is -2.50. The highest BCUT2D eigenvalue weighted by molar-refractivity contribution is 5.83. The van der Waals surface area contributed by atoms with Crippen LogP contribution in [0.15, 0.2) is 66.2 Å². The van der Waals surface area contributed by atoms with E-state index in [9.17, 15) is 4.79 Å². The molecule has 158 valence electrons. The van der Waals surface area contributed by atoms with E-state index in [1.54, 1.807) is 0 Å². The van der Waals surface area contributed by atoms with Crippen molar-refractivity contribution in [3.05, 3.63) is 82.9 Å². The first-order chi connectivity index (χ1) is 15.1. The van der Waals surface area contributed by atoms with Crippen LogP contribution in [0, 0.1) is 5.92 Å². The maximum absolute atomic E-state index is 11.0. The summed E-state index contributed by atoms with van der Waals surface area (Å²) in [4.78, 5) is 13.3. The molecule has 4 heteroatoms. The summed E-state index contributed by atoms with van der Waals surface area (Å²) in [5, 5.41) is 11.6. The molecular weight excluding hydrogens is 386 g/mol. The van der Waals surface area contributed by atoms with E-state index in [1.165, 1.54) is 38.6 Å². The van der Waals surface area contributed by atoms with Gasteiger partial charge in [-0.2, -0.15) is 0 Å². The van der Waals surface area contributed by atoms with Crippen LogP contribution in [0.4, 0.5) is 0 Å². The lowest BCUT2D eigenvalue weighted by molar-refractivity contribution is -0.147. The topological polar surface area (TPSA) is 49.8 Å². The molecule has 2 aliphatic rings. The number of benzene rings is 3. The average Bonchev–Trinajstić information content (AvgIpc) is 2.75. The third-order valence-corrected chi connectivity index (χ3v) is 6.65. The molecule has 1 aliphatic heterocycles. The molecule has 0 spiro atoms. The molecule has 31 heavy (non-hydrogen) atoms. The van der Waals surface area contributed by atoms with E-state index in [1.807, 2.05) is 0 Å². The van der Waals surface area contributed by atoms with Gasteiger partial charge in [0.25, 0.3) is 0 Å². The molecule has 5 rings (SSSR count). The summed E-state index contributed by atoms with van der Waals surface area (Å²) in [6, 6.07) is 21.3. The first-order valence-corrected chi connectivity index (χ1v) is 10.9. The predicted molar refractivity (Wildman–Crippen MR) is 123 cm³/mol. The third-order valence-electron chi connectivity index (χ3n) is 6.65. The first-order valence-electron chi connectivity index (χ1n) is 10.9. The Kier molecular flexibility index (Phi) is 5.24. The van der Waals surface area contributed by atoms with Gasteiger partial charge in [0.2, 0.25) is 0 Å². The molecule has 0 unspecified atom stereocenters. The number of fused-ring (bicyclic) bond motifs is 2. The molecule has 0 radical (unpaired) electrons. The van der Waals surface area contributed by atoms with Crippen molar-refractivity contribution in [2.45, 2.75) is 26.4 Å². The Morgan fingerprint density at radius 1 is 1.03 bits per heavy atom. The average molecular weight is 414 g/mol. The quantitative estimate of drug-likeness (QED) is 0.607. The van der Waals surface area contributed by atoms with Crippen LogP contribution in [-0.4, -0.2) is 35.6 Å². The van der Waals surface area contributed by atoms with Crippen molar-refractivity contribution in [3.8, 4) is 5.75 Å². The van der Waals surface area contributed by atoms with Crippen molar-refractivity contribution < 1.29 is 14.6 Å². The molecule has 3 aromatic carbocycles. The number of aryl methyl sites for hydroxylation is 1. The maximum Gasteiger partial charge on any atom is 0.309 e. The Hall–Kier alpha value is -3.11. The summed E-state index contributed by atoms with van der Waals surface area (Å²) in [5.74, 6) is 0.0430. The minimum absolute atomic E-state index is 0.195. The second-order valence-electron chi connectivity index (χ2n) is 8.75. The zero-order chi connectivity index (χ0) is 21.4. The first kappa shape index (κ1) is 19.8. The van der Waals surface area contributed by atoms with E-state index in [4.69, 9.17) is 9.84 Å². The summed E-state index contributed by atoms with van der Waals surface area (Å²) in [5.41, 5.74) is 6.57. The Morgan fingerprint density at radius 2 is 1.84 bits per heavy atom. The highest BCUT2D eigenvalue weighted by atomic mass is 16.5. The van der Waals surface area contributed by atoms with Gasteiger partial charge in [0.15, 0.2) is 0 Å². The molecule has 0 amide bonds. The number of carbonyl (C=O) groups is 1. The van der Waals surface area contributed by atoms with E-state index in [-0.39, 0.29) is 5.92 Å². The standard InChI is InChI=1S/C27H27NO3/c1-18-23(14-28-15-24(16-28)27(29)30)9-8-22-13-25(10-11-26(18)22)31-17-19-6-7-20-4-2-3-5-21(20)12-19/h2-7,10-13,24H,8-9,14-17H2,1H3,(H,29,30). The number of nitrogens with zero attached hydrogens (tertiary/aromatic N) is 1. The molecule has 1 aliphatic carbocycles. The summed E-state index contributed by atoms with van der Waals surface area (Å²) in [6.07, 6.45) is 2.03. The van der Waals surface area contributed by atoms with Crippen LogP contribution in [0.25, 0.3) is 16.3 Å². The van der Waals surface area contributed by atoms with Gasteiger partial charge in [-0.05, 0) is 71.0 Å². The van der Waals surface area contributed by atoms with Crippen LogP contribution in [0.2, 0.25) is 0 Å². The Labute approximate surface area is 182 Å². The largest absolute Gasteiger partial charge is 0.489 e. The summed E-state index contributed by atoms with van der Waals surface area (Å²) >= 11 is 0. The molecule has 0 atom stereocenters. The zero-order valence-corrected chi connectivity index (χ0v) is 17.8. The van der Waals surface area contributed by atoms with Gasteiger partial charge in [0.05, 0.1) is 5.92 Å². The van der Waals surface area contributed by atoms with Crippen LogP contribution >= 0.6 is 0 Å². The number of aliphatic carboxylic acids is 1. The van der Waals surface area contributed by atoms with Gasteiger partial charge in [-0.1, -0.05) is 48.0 Å². The lowest BCUT2D eigenvalue weighted by atomic mass is 9.85. The lowest BCUT2D eigenvalue weighted by Gasteiger charge is -2.38. The van der Waals surface area contributed by atoms with Crippen molar-refractivity contribution >= 4 is 22.3 Å². The van der Waals surface area contributed by atoms with Gasteiger partial charge in [-0.3, -0.25) is 9.69 Å². The number of ether oxygens (including phenoxy) is 1. The van der Waals surface area contributed by atoms with Gasteiger partial charge in [-0.15, -0.1) is 0 Å². The zero-order valence-electron chi connectivity index (χ0n) is 17.8. The molecule has 0 bridgehead atoms. The van der Waals surface area contributed by atoms with Crippen molar-refractivity contribution in [2.24, 2.45) is 5.92 Å². The fraction of sp³-hybridized carbons (Fsp3) is 0.296. The minimum atomic E-state index is -0.674. The molecule has 1 heterocycles. The van der Waals surface area contributed by atoms with Crippen LogP contribution in [0.5, 0.6) is 5.75 Å². The Bertz CT molecular complexity index is 1170. The summed E-state index contributed by atoms with van der Waals surface area (Å²) in [6.45, 7) is 4.97. The fourth-order valence-corrected chi connectivity index (χ4v) is 4.71. The summed E-state index contributed by atoms with van der Waals surface area (Å²) in [7, 11) is 0. The number of likely N-dealkylation sites (tertiary alicyclic amines) is 1. The van der Waals surface area contributed by atoms with Gasteiger partial charge < -0.3 is 9.84 Å². The monoisotopic (exact) mass is 413 g/mol. The third kappa shape index (κ3) is 4.08. The second-order valence-corrected chi connectivity index (χ2v) is 8.75. The number of rotatable bonds is 6. The molecular formula is C27H27NO3. The van der Waals surface area contributed by atoms with Crippen molar-refractivity contribution in [1.82, 2.24) is 4.90 Å². The van der Waals surface area contributed by atoms with Crippen molar-refractivity contribution in [1.29, 1.82) is 0 Å². The molecule has 1 fully saturated rings. The number of allylic oxidation sites excluding steroid dienone is 1. The molecule has 0 aromatic heterocycles. The van der Waals surface area contributed by atoms with E-state index >= 15 is 0 Å². The molecule has 1 N–H and O–H groups in total. The van der Waals surface area contributed by atoms with Crippen LogP contribution < -0.4 is 4.74 Å². The molecule has 0 saturated carbocycles. The second kappa shape index (κ2) is 8.20. The number of carboxylic acids is 1. The van der Waals surface area contributed by atoms with Crippen LogP contribution in [0.3, 0.4) is 0 Å². The predicted octanol–water partition coefficient (Wildman–Crippen LogP) is 5.15. The smallest absolute Gasteiger partial charge is 0.309 e. The highest BCUT2D eigenvalue weighted by Gasteiger charge is 2.33. The fourth-order valence-electron chi connectivity index (χ4n) is 4.71. The maximum atomic E-state index is 11.0. The minimum Gasteiger partial charge on any atom is -0.489 e. The van der Waals surface area contributed by atoms with Crippen molar-refractivity contribution in [2.75, 3.05) is 19.6 Å². The Balaban J connectivity index is 1.25. The number of carboxylic acid groups (broad SMARTS) is 1. The van der Waals surface area contributed by atoms with Gasteiger partial charge in [0, 0.05) is 19.6 Å². The molecule has 4 nitrogen and oxygen atoms in total. The van der Waals surface area contributed by atoms with Gasteiger partial charge in [-0.25, -0.2) is 0 Å². The van der Waals surface area contributed by atoms with E-state index in [2.05, 4.69) is 72.5 Å². The van der Waals surface area contributed by atoms with Gasteiger partial charge >= 0.3 is 5.97 Å². The van der Waals surface area contributed by atoms with Crippen LogP contribution in [0.1, 0.15) is 30.0 Å². The number of hydrogen-bond acceptors (Lipinski definition) is 3. The SMILES string of the molecule is CC1=C(CN2CC(C(=O)O)C2)CCc2cc(OCc3ccc4ccccc4c3)ccc21. The van der Waals surface area contributed by atoms with Crippen LogP contribution in [-0.2, 0) is 17.8 Å². The molecule has 3 aromatic rings. The molecule has 1 saturated heterocycles. The van der Waals surface area contributed by atoms with Gasteiger partial charge in [0.1, 0.15) is 12.4 Å². The highest BCUT2D eigenvalue weighted by Crippen LogP contribution is 2.34. The normalized spacial score (nSPS) is 16.8. The van der Waals surface area contributed by atoms with E-state index < -0.39 is 5.97 Å². The Morgan fingerprint density at radius 3 is 2.65 bits per heavy atom. The number of hydrogen-bond donors (Lipinski definition) is 1. The van der Waals surface area contributed by atoms with E-state index in [0.29, 0.717) is 19.7 Å². The summed E-state index contributed by atoms with van der Waals surface area (Å²) < 4.78 is 6.11.